The number of H-pyrrole nitrogens is 1. The summed E-state index contributed by atoms with van der Waals surface area (Å²) in [6, 6.07) is 0. The van der Waals surface area contributed by atoms with E-state index in [0.29, 0.717) is 0 Å². The maximum absolute atomic E-state index is 4.38. The highest BCUT2D eigenvalue weighted by Crippen LogP contribution is 2.16. The van der Waals surface area contributed by atoms with E-state index in [1.807, 2.05) is 6.20 Å². The molecule has 1 saturated heterocycles. The molecule has 1 aromatic heterocycles. The summed E-state index contributed by atoms with van der Waals surface area (Å²) in [7, 11) is 0. The molecule has 0 unspecified atom stereocenters. The molecule has 0 aliphatic carbocycles. The highest BCUT2D eigenvalue weighted by molar-refractivity contribution is 5.31. The van der Waals surface area contributed by atoms with Crippen LogP contribution in [0.4, 0.5) is 5.95 Å². The van der Waals surface area contributed by atoms with Crippen LogP contribution in [0.5, 0.6) is 0 Å². The molecule has 3 nitrogen and oxygen atoms in total. The van der Waals surface area contributed by atoms with Crippen molar-refractivity contribution in [2.75, 3.05) is 18.0 Å². The molecule has 0 atom stereocenters. The van der Waals surface area contributed by atoms with Gasteiger partial charge in [-0.3, -0.25) is 0 Å². The lowest BCUT2D eigenvalue weighted by Crippen LogP contribution is -2.30. The molecule has 2 heterocycles. The maximum Gasteiger partial charge on any atom is 0.202 e. The van der Waals surface area contributed by atoms with E-state index in [4.69, 9.17) is 0 Å². The number of nitrogens with one attached hydrogen (secondary N) is 1. The Morgan fingerprint density at radius 2 is 2.15 bits per heavy atom. The highest BCUT2D eigenvalue weighted by Gasteiger charge is 2.12. The van der Waals surface area contributed by atoms with E-state index in [1.165, 1.54) is 25.0 Å². The van der Waals surface area contributed by atoms with Crippen molar-refractivity contribution in [3.05, 3.63) is 11.9 Å². The smallest absolute Gasteiger partial charge is 0.202 e. The molecule has 0 radical (unpaired) electrons. The number of aryl methyl sites for hydroxylation is 1. The van der Waals surface area contributed by atoms with E-state index in [2.05, 4.69) is 21.8 Å². The van der Waals surface area contributed by atoms with E-state index in [1.54, 1.807) is 0 Å². The summed E-state index contributed by atoms with van der Waals surface area (Å²) >= 11 is 0. The van der Waals surface area contributed by atoms with E-state index < -0.39 is 0 Å². The van der Waals surface area contributed by atoms with E-state index in [0.717, 1.165) is 25.5 Å². The number of piperidine rings is 1. The van der Waals surface area contributed by atoms with E-state index in [9.17, 15) is 0 Å². The molecule has 1 N–H and O–H groups in total. The molecule has 1 fully saturated rings. The van der Waals surface area contributed by atoms with Crippen LogP contribution in [0.15, 0.2) is 6.20 Å². The summed E-state index contributed by atoms with van der Waals surface area (Å²) < 4.78 is 0. The number of hydrogen-bond acceptors (Lipinski definition) is 2. The van der Waals surface area contributed by atoms with Gasteiger partial charge in [0.1, 0.15) is 0 Å². The third kappa shape index (κ3) is 1.85. The Morgan fingerprint density at radius 1 is 1.38 bits per heavy atom. The first-order valence-corrected chi connectivity index (χ1v) is 5.19. The number of imidazole rings is 1. The van der Waals surface area contributed by atoms with Crippen LogP contribution in [0.25, 0.3) is 0 Å². The fraction of sp³-hybridized carbons (Fsp3) is 0.700. The second kappa shape index (κ2) is 3.81. The number of rotatable bonds is 2. The van der Waals surface area contributed by atoms with Gasteiger partial charge in [-0.25, -0.2) is 4.98 Å². The first-order chi connectivity index (χ1) is 6.40. The Kier molecular flexibility index (Phi) is 2.52. The molecule has 1 aliphatic heterocycles. The molecule has 1 aromatic rings. The predicted octanol–water partition coefficient (Wildman–Crippen LogP) is 1.96. The molecule has 3 heteroatoms. The van der Waals surface area contributed by atoms with Gasteiger partial charge in [0.05, 0.1) is 6.20 Å². The van der Waals surface area contributed by atoms with Gasteiger partial charge in [-0.1, -0.05) is 6.92 Å². The number of hydrogen-bond donors (Lipinski definition) is 1. The summed E-state index contributed by atoms with van der Waals surface area (Å²) in [6.07, 6.45) is 6.98. The summed E-state index contributed by atoms with van der Waals surface area (Å²) in [5.74, 6) is 1.07. The molecule has 13 heavy (non-hydrogen) atoms. The Hall–Kier alpha value is -0.990. The van der Waals surface area contributed by atoms with Crippen molar-refractivity contribution in [3.63, 3.8) is 0 Å². The van der Waals surface area contributed by atoms with Crippen molar-refractivity contribution < 1.29 is 0 Å². The zero-order valence-electron chi connectivity index (χ0n) is 8.21. The fourth-order valence-electron chi connectivity index (χ4n) is 1.79. The fourth-order valence-corrected chi connectivity index (χ4v) is 1.79. The van der Waals surface area contributed by atoms with Crippen LogP contribution in [0, 0.1) is 0 Å². The third-order valence-corrected chi connectivity index (χ3v) is 2.65. The van der Waals surface area contributed by atoms with Gasteiger partial charge >= 0.3 is 0 Å². The minimum absolute atomic E-state index is 1.04. The summed E-state index contributed by atoms with van der Waals surface area (Å²) in [6.45, 7) is 4.47. The molecule has 0 amide bonds. The molecular weight excluding hydrogens is 162 g/mol. The van der Waals surface area contributed by atoms with Crippen molar-refractivity contribution in [2.45, 2.75) is 32.6 Å². The first-order valence-electron chi connectivity index (χ1n) is 5.19. The normalized spacial score (nSPS) is 17.8. The van der Waals surface area contributed by atoms with Crippen LogP contribution in [0.3, 0.4) is 0 Å². The van der Waals surface area contributed by atoms with Crippen LogP contribution in [-0.4, -0.2) is 23.1 Å². The average molecular weight is 179 g/mol. The summed E-state index contributed by atoms with van der Waals surface area (Å²) in [5.41, 5.74) is 1.24. The quantitative estimate of drug-likeness (QED) is 0.752. The van der Waals surface area contributed by atoms with Crippen molar-refractivity contribution in [2.24, 2.45) is 0 Å². The van der Waals surface area contributed by atoms with Crippen molar-refractivity contribution >= 4 is 5.95 Å². The minimum atomic E-state index is 1.04. The second-order valence-corrected chi connectivity index (χ2v) is 3.63. The molecule has 0 aromatic carbocycles. The van der Waals surface area contributed by atoms with Gasteiger partial charge in [0.25, 0.3) is 0 Å². The molecular formula is C10H17N3. The van der Waals surface area contributed by atoms with Gasteiger partial charge in [0.15, 0.2) is 0 Å². The Bertz CT molecular complexity index is 261. The molecule has 0 saturated carbocycles. The van der Waals surface area contributed by atoms with Gasteiger partial charge in [0, 0.05) is 18.8 Å². The predicted molar refractivity (Wildman–Crippen MR) is 54.0 cm³/mol. The molecule has 2 rings (SSSR count). The second-order valence-electron chi connectivity index (χ2n) is 3.63. The highest BCUT2D eigenvalue weighted by atomic mass is 15.3. The van der Waals surface area contributed by atoms with Crippen LogP contribution < -0.4 is 4.90 Å². The first kappa shape index (κ1) is 8.60. The van der Waals surface area contributed by atoms with Crippen molar-refractivity contribution in [3.8, 4) is 0 Å². The Balaban J connectivity index is 2.05. The lowest BCUT2D eigenvalue weighted by molar-refractivity contribution is 0.569. The Labute approximate surface area is 79.2 Å². The topological polar surface area (TPSA) is 31.9 Å². The van der Waals surface area contributed by atoms with Crippen molar-refractivity contribution in [1.82, 2.24) is 9.97 Å². The van der Waals surface area contributed by atoms with E-state index >= 15 is 0 Å². The zero-order chi connectivity index (χ0) is 9.10. The summed E-state index contributed by atoms with van der Waals surface area (Å²) in [4.78, 5) is 10.1. The largest absolute Gasteiger partial charge is 0.342 e. The van der Waals surface area contributed by atoms with Crippen LogP contribution in [0.1, 0.15) is 31.9 Å². The molecule has 72 valence electrons. The average Bonchev–Trinajstić information content (AvgIpc) is 2.67. The SMILES string of the molecule is CCc1cnc(N2CCCCC2)[nH]1. The number of aromatic nitrogens is 2. The lowest BCUT2D eigenvalue weighted by Gasteiger charge is -2.25. The molecule has 1 aliphatic rings. The van der Waals surface area contributed by atoms with E-state index in [-0.39, 0.29) is 0 Å². The number of aromatic amines is 1. The van der Waals surface area contributed by atoms with Crippen LogP contribution >= 0.6 is 0 Å². The minimum Gasteiger partial charge on any atom is -0.342 e. The van der Waals surface area contributed by atoms with Crippen molar-refractivity contribution in [1.29, 1.82) is 0 Å². The summed E-state index contributed by atoms with van der Waals surface area (Å²) in [5, 5.41) is 0. The van der Waals surface area contributed by atoms with Crippen LogP contribution in [0.2, 0.25) is 0 Å². The lowest BCUT2D eigenvalue weighted by atomic mass is 10.1. The number of nitrogens with zero attached hydrogens (tertiary/aromatic N) is 2. The van der Waals surface area contributed by atoms with Gasteiger partial charge in [-0.15, -0.1) is 0 Å². The maximum atomic E-state index is 4.38. The molecule has 0 bridgehead atoms. The zero-order valence-corrected chi connectivity index (χ0v) is 8.21. The van der Waals surface area contributed by atoms with Gasteiger partial charge in [-0.05, 0) is 25.7 Å². The monoisotopic (exact) mass is 179 g/mol. The van der Waals surface area contributed by atoms with Crippen LogP contribution in [-0.2, 0) is 6.42 Å². The third-order valence-electron chi connectivity index (χ3n) is 2.65. The number of anilines is 1. The Morgan fingerprint density at radius 3 is 2.77 bits per heavy atom. The standard InChI is InChI=1S/C10H17N3/c1-2-9-8-11-10(12-9)13-6-4-3-5-7-13/h8H,2-7H2,1H3,(H,11,12). The van der Waals surface area contributed by atoms with Gasteiger partial charge in [-0.2, -0.15) is 0 Å². The molecule has 0 spiro atoms. The van der Waals surface area contributed by atoms with Gasteiger partial charge in [0.2, 0.25) is 5.95 Å². The van der Waals surface area contributed by atoms with Gasteiger partial charge < -0.3 is 9.88 Å².